The number of phenolic OH excluding ortho intramolecular Hbond substituents is 1. The van der Waals surface area contributed by atoms with Crippen molar-refractivity contribution in [1.82, 2.24) is 0 Å². The van der Waals surface area contributed by atoms with Crippen molar-refractivity contribution in [3.8, 4) is 5.75 Å². The van der Waals surface area contributed by atoms with Crippen molar-refractivity contribution in [3.63, 3.8) is 0 Å². The maximum absolute atomic E-state index is 12.8. The Morgan fingerprint density at radius 2 is 1.70 bits per heavy atom. The van der Waals surface area contributed by atoms with E-state index < -0.39 is 5.63 Å². The van der Waals surface area contributed by atoms with Gasteiger partial charge in [-0.2, -0.15) is 0 Å². The predicted octanol–water partition coefficient (Wildman–Crippen LogP) is 5.99. The Labute approximate surface area is 191 Å². The Morgan fingerprint density at radius 1 is 1.00 bits per heavy atom. The molecule has 33 heavy (non-hydrogen) atoms. The first-order valence-corrected chi connectivity index (χ1v) is 10.8. The lowest BCUT2D eigenvalue weighted by Gasteiger charge is -2.12. The van der Waals surface area contributed by atoms with Gasteiger partial charge in [0.2, 0.25) is 0 Å². The fourth-order valence-corrected chi connectivity index (χ4v) is 3.77. The molecule has 0 aliphatic rings. The second-order valence-corrected chi connectivity index (χ2v) is 8.45. The maximum atomic E-state index is 12.8. The summed E-state index contributed by atoms with van der Waals surface area (Å²) in [5.41, 5.74) is 3.50. The van der Waals surface area contributed by atoms with Crippen molar-refractivity contribution in [2.24, 2.45) is 4.99 Å². The van der Waals surface area contributed by atoms with E-state index in [1.807, 2.05) is 45.9 Å². The highest BCUT2D eigenvalue weighted by Gasteiger charge is 2.16. The van der Waals surface area contributed by atoms with E-state index in [1.54, 1.807) is 36.6 Å². The molecule has 0 radical (unpaired) electrons. The van der Waals surface area contributed by atoms with E-state index in [-0.39, 0.29) is 17.6 Å². The fraction of sp³-hybridized carbons (Fsp3) is 0.179. The number of rotatable bonds is 5. The Kier molecular flexibility index (Phi) is 5.97. The number of fused-ring (bicyclic) bond motifs is 3. The van der Waals surface area contributed by atoms with Crippen molar-refractivity contribution in [2.75, 3.05) is 0 Å². The molecule has 0 atom stereocenters. The molecule has 0 amide bonds. The van der Waals surface area contributed by atoms with Gasteiger partial charge in [0.05, 0.1) is 0 Å². The highest BCUT2D eigenvalue weighted by atomic mass is 16.4. The molecule has 0 aliphatic carbocycles. The van der Waals surface area contributed by atoms with Gasteiger partial charge in [-0.3, -0.25) is 9.79 Å². The predicted molar refractivity (Wildman–Crippen MR) is 134 cm³/mol. The molecule has 0 saturated heterocycles. The summed E-state index contributed by atoms with van der Waals surface area (Å²) in [6, 6.07) is 14.2. The molecule has 0 aliphatic heterocycles. The van der Waals surface area contributed by atoms with Gasteiger partial charge in [0, 0.05) is 45.6 Å². The molecule has 1 aromatic heterocycles. The number of nitrogens with zero attached hydrogens (tertiary/aromatic N) is 1. The molecule has 0 saturated carbocycles. The Hall–Kier alpha value is -3.99. The van der Waals surface area contributed by atoms with Crippen LogP contribution >= 0.6 is 0 Å². The maximum Gasteiger partial charge on any atom is 0.336 e. The van der Waals surface area contributed by atoms with Crippen LogP contribution < -0.4 is 5.63 Å². The van der Waals surface area contributed by atoms with Gasteiger partial charge in [0.1, 0.15) is 11.3 Å². The van der Waals surface area contributed by atoms with E-state index in [9.17, 15) is 14.7 Å². The van der Waals surface area contributed by atoms with Crippen LogP contribution in [0.5, 0.6) is 5.75 Å². The topological polar surface area (TPSA) is 79.9 Å². The van der Waals surface area contributed by atoms with E-state index >= 15 is 0 Å². The van der Waals surface area contributed by atoms with Gasteiger partial charge in [-0.15, -0.1) is 0 Å². The van der Waals surface area contributed by atoms with Crippen LogP contribution in [0.4, 0.5) is 0 Å². The molecule has 5 nitrogen and oxygen atoms in total. The summed E-state index contributed by atoms with van der Waals surface area (Å²) < 4.78 is 5.57. The fourth-order valence-electron chi connectivity index (χ4n) is 3.77. The molecular formula is C28H25NO4. The van der Waals surface area contributed by atoms with Crippen molar-refractivity contribution in [1.29, 1.82) is 0 Å². The number of ketones is 1. The summed E-state index contributed by atoms with van der Waals surface area (Å²) in [6.45, 7) is 7.69. The zero-order chi connectivity index (χ0) is 23.7. The molecule has 3 aromatic carbocycles. The SMILES string of the molecule is Cc1ccc(C(=O)/C=C/c2cc(C=NC(C)C)c(O)c3ccc4c(C)cc(=O)oc4c23)cc1. The van der Waals surface area contributed by atoms with Gasteiger partial charge in [0.25, 0.3) is 0 Å². The summed E-state index contributed by atoms with van der Waals surface area (Å²) in [5.74, 6) is -0.103. The second kappa shape index (κ2) is 8.87. The third-order valence-electron chi connectivity index (χ3n) is 5.51. The van der Waals surface area contributed by atoms with Crippen LogP contribution in [0.15, 0.2) is 68.8 Å². The van der Waals surface area contributed by atoms with E-state index in [4.69, 9.17) is 4.42 Å². The van der Waals surface area contributed by atoms with Gasteiger partial charge >= 0.3 is 5.63 Å². The number of phenols is 1. The van der Waals surface area contributed by atoms with Crippen molar-refractivity contribution in [2.45, 2.75) is 33.7 Å². The number of allylic oxidation sites excluding steroid dienone is 1. The number of carbonyl (C=O) groups excluding carboxylic acids is 1. The summed E-state index contributed by atoms with van der Waals surface area (Å²) in [6.07, 6.45) is 4.81. The minimum Gasteiger partial charge on any atom is -0.507 e. The van der Waals surface area contributed by atoms with Crippen LogP contribution in [0.3, 0.4) is 0 Å². The number of benzene rings is 3. The number of hydrogen-bond acceptors (Lipinski definition) is 5. The largest absolute Gasteiger partial charge is 0.507 e. The monoisotopic (exact) mass is 439 g/mol. The van der Waals surface area contributed by atoms with E-state index in [0.29, 0.717) is 33.0 Å². The van der Waals surface area contributed by atoms with Crippen molar-refractivity contribution < 1.29 is 14.3 Å². The zero-order valence-electron chi connectivity index (χ0n) is 19.0. The molecule has 166 valence electrons. The molecule has 1 N–H and O–H groups in total. The molecule has 0 unspecified atom stereocenters. The number of hydrogen-bond donors (Lipinski definition) is 1. The van der Waals surface area contributed by atoms with E-state index in [1.165, 1.54) is 12.1 Å². The molecule has 0 fully saturated rings. The normalized spacial score (nSPS) is 12.0. The van der Waals surface area contributed by atoms with Crippen LogP contribution in [0, 0.1) is 13.8 Å². The highest BCUT2D eigenvalue weighted by molar-refractivity contribution is 6.15. The minimum absolute atomic E-state index is 0.0440. The second-order valence-electron chi connectivity index (χ2n) is 8.45. The molecule has 4 rings (SSSR count). The quantitative estimate of drug-likeness (QED) is 0.136. The number of aryl methyl sites for hydroxylation is 2. The lowest BCUT2D eigenvalue weighted by molar-refractivity contribution is 0.104. The first kappa shape index (κ1) is 22.2. The molecule has 4 aromatic rings. The van der Waals surface area contributed by atoms with Crippen LogP contribution in [-0.4, -0.2) is 23.1 Å². The van der Waals surface area contributed by atoms with Crippen LogP contribution in [0.2, 0.25) is 0 Å². The summed E-state index contributed by atoms with van der Waals surface area (Å²) >= 11 is 0. The number of carbonyl (C=O) groups is 1. The molecule has 1 heterocycles. The first-order chi connectivity index (χ1) is 15.7. The summed E-state index contributed by atoms with van der Waals surface area (Å²) in [5, 5.41) is 12.8. The van der Waals surface area contributed by atoms with Gasteiger partial charge in [-0.1, -0.05) is 42.0 Å². The molecule has 5 heteroatoms. The average molecular weight is 440 g/mol. The average Bonchev–Trinajstić information content (AvgIpc) is 2.77. The van der Waals surface area contributed by atoms with Gasteiger partial charge < -0.3 is 9.52 Å². The van der Waals surface area contributed by atoms with Gasteiger partial charge in [0.15, 0.2) is 5.78 Å². The van der Waals surface area contributed by atoms with Crippen LogP contribution in [0.25, 0.3) is 27.8 Å². The van der Waals surface area contributed by atoms with Crippen LogP contribution in [0.1, 0.15) is 46.5 Å². The number of aromatic hydroxyl groups is 1. The Morgan fingerprint density at radius 3 is 2.39 bits per heavy atom. The van der Waals surface area contributed by atoms with E-state index in [2.05, 4.69) is 4.99 Å². The highest BCUT2D eigenvalue weighted by Crippen LogP contribution is 2.37. The van der Waals surface area contributed by atoms with E-state index in [0.717, 1.165) is 16.5 Å². The molecule has 0 bridgehead atoms. The molecule has 0 spiro atoms. The molecular weight excluding hydrogens is 414 g/mol. The number of aliphatic imine (C=N–C) groups is 1. The zero-order valence-corrected chi connectivity index (χ0v) is 19.0. The van der Waals surface area contributed by atoms with Gasteiger partial charge in [-0.05, 0) is 57.0 Å². The van der Waals surface area contributed by atoms with Gasteiger partial charge in [-0.25, -0.2) is 4.79 Å². The summed E-state index contributed by atoms with van der Waals surface area (Å²) in [7, 11) is 0. The third-order valence-corrected chi connectivity index (χ3v) is 5.51. The van der Waals surface area contributed by atoms with Crippen LogP contribution in [-0.2, 0) is 0 Å². The van der Waals surface area contributed by atoms with Crippen molar-refractivity contribution in [3.05, 3.63) is 92.8 Å². The Balaban J connectivity index is 1.97. The minimum atomic E-state index is -0.469. The summed E-state index contributed by atoms with van der Waals surface area (Å²) in [4.78, 5) is 29.3. The third kappa shape index (κ3) is 4.48. The first-order valence-electron chi connectivity index (χ1n) is 10.8. The lowest BCUT2D eigenvalue weighted by Crippen LogP contribution is -2.00. The standard InChI is InChI=1S/C28H25NO4/c1-16(2)29-15-21-14-20(9-12-24(30)19-7-5-17(3)6-8-19)26-23(27(21)32)11-10-22-18(4)13-25(31)33-28(22)26/h5-16,32H,1-4H3/b12-9+,29-15?. The Bertz CT molecular complexity index is 1490. The smallest absolute Gasteiger partial charge is 0.336 e. The van der Waals surface area contributed by atoms with Crippen molar-refractivity contribution >= 4 is 39.8 Å². The lowest BCUT2D eigenvalue weighted by atomic mass is 9.95.